The van der Waals surface area contributed by atoms with Crippen LogP contribution in [-0.2, 0) is 32.6 Å². The molecule has 0 saturated heterocycles. The number of carboxylic acids is 1. The lowest BCUT2D eigenvalue weighted by Gasteiger charge is -2.27. The van der Waals surface area contributed by atoms with Crippen LogP contribution >= 0.6 is 0 Å². The van der Waals surface area contributed by atoms with Gasteiger partial charge in [-0.1, -0.05) is 55.7 Å². The number of hydrogen-bond donors (Lipinski definition) is 1. The van der Waals surface area contributed by atoms with Gasteiger partial charge in [0.1, 0.15) is 0 Å². The number of carbonyl (C=O) groups excluding carboxylic acids is 1. The van der Waals surface area contributed by atoms with Crippen molar-refractivity contribution in [1.82, 2.24) is 4.31 Å². The average molecular weight is 625 g/mol. The van der Waals surface area contributed by atoms with Crippen LogP contribution in [-0.4, -0.2) is 43.3 Å². The standard InChI is InChI=1S/C30H29F5N2O5S/c1-36(43(41,42)30-28(34)26(32)25(31)27(33)29(30)35)17-23(38)37(22-9-5-6-19(14-22)15-24(39)40)16-18-10-12-21(13-11-18)20-7-3-2-4-8-20/h5-6,9-14,20H,2-4,7-8,15-17H2,1H3,(H,39,40). The van der Waals surface area contributed by atoms with E-state index in [9.17, 15) is 45.1 Å². The lowest BCUT2D eigenvalue weighted by molar-refractivity contribution is -0.136. The summed E-state index contributed by atoms with van der Waals surface area (Å²) in [4.78, 5) is 23.9. The molecule has 0 atom stereocenters. The summed E-state index contributed by atoms with van der Waals surface area (Å²) >= 11 is 0. The zero-order chi connectivity index (χ0) is 31.5. The molecule has 1 amide bonds. The maximum Gasteiger partial charge on any atom is 0.307 e. The highest BCUT2D eigenvalue weighted by atomic mass is 32.2. The highest BCUT2D eigenvalue weighted by Gasteiger charge is 2.37. The molecule has 1 fully saturated rings. The second-order valence-corrected chi connectivity index (χ2v) is 12.4. The molecule has 3 aromatic carbocycles. The molecule has 0 heterocycles. The maximum absolute atomic E-state index is 14.4. The van der Waals surface area contributed by atoms with Crippen molar-refractivity contribution >= 4 is 27.6 Å². The third-order valence-corrected chi connectivity index (χ3v) is 9.30. The fourth-order valence-electron chi connectivity index (χ4n) is 5.17. The topological polar surface area (TPSA) is 95.0 Å². The molecule has 0 radical (unpaired) electrons. The van der Waals surface area contributed by atoms with Crippen molar-refractivity contribution < 1.29 is 45.1 Å². The summed E-state index contributed by atoms with van der Waals surface area (Å²) in [7, 11) is -4.61. The van der Waals surface area contributed by atoms with Crippen LogP contribution in [0.3, 0.4) is 0 Å². The predicted octanol–water partition coefficient (Wildman–Crippen LogP) is 5.91. The van der Waals surface area contributed by atoms with Crippen LogP contribution in [0.15, 0.2) is 53.4 Å². The quantitative estimate of drug-likeness (QED) is 0.172. The third kappa shape index (κ3) is 7.04. The van der Waals surface area contributed by atoms with Gasteiger partial charge in [-0.3, -0.25) is 9.59 Å². The molecule has 0 spiro atoms. The van der Waals surface area contributed by atoms with E-state index in [2.05, 4.69) is 0 Å². The molecule has 7 nitrogen and oxygen atoms in total. The number of anilines is 1. The van der Waals surface area contributed by atoms with E-state index < -0.39 is 62.4 Å². The Labute approximate surface area is 245 Å². The van der Waals surface area contributed by atoms with Crippen LogP contribution in [0.2, 0.25) is 0 Å². The number of aliphatic carboxylic acids is 1. The van der Waals surface area contributed by atoms with Gasteiger partial charge in [0.2, 0.25) is 21.7 Å². The van der Waals surface area contributed by atoms with Crippen molar-refractivity contribution in [2.45, 2.75) is 55.9 Å². The Kier molecular flexibility index (Phi) is 9.86. The van der Waals surface area contributed by atoms with Crippen LogP contribution in [0.5, 0.6) is 0 Å². The molecule has 0 bridgehead atoms. The minimum atomic E-state index is -5.38. The molecular weight excluding hydrogens is 595 g/mol. The van der Waals surface area contributed by atoms with Crippen LogP contribution < -0.4 is 4.90 Å². The molecule has 230 valence electrons. The van der Waals surface area contributed by atoms with Crippen molar-refractivity contribution in [1.29, 1.82) is 0 Å². The fourth-order valence-corrected chi connectivity index (χ4v) is 6.40. The summed E-state index contributed by atoms with van der Waals surface area (Å²) in [5.74, 6) is -14.1. The monoisotopic (exact) mass is 624 g/mol. The molecule has 1 N–H and O–H groups in total. The number of hydrogen-bond acceptors (Lipinski definition) is 4. The van der Waals surface area contributed by atoms with Crippen molar-refractivity contribution in [2.24, 2.45) is 0 Å². The highest BCUT2D eigenvalue weighted by Crippen LogP contribution is 2.33. The highest BCUT2D eigenvalue weighted by molar-refractivity contribution is 7.89. The number of halogens is 5. The van der Waals surface area contributed by atoms with Crippen molar-refractivity contribution in [2.75, 3.05) is 18.5 Å². The molecule has 4 rings (SSSR count). The number of benzene rings is 3. The van der Waals surface area contributed by atoms with Gasteiger partial charge in [0.25, 0.3) is 0 Å². The van der Waals surface area contributed by atoms with Crippen molar-refractivity contribution in [3.05, 3.63) is 94.3 Å². The Morgan fingerprint density at radius 3 is 2.00 bits per heavy atom. The Hall–Kier alpha value is -3.84. The van der Waals surface area contributed by atoms with E-state index in [1.165, 1.54) is 30.7 Å². The van der Waals surface area contributed by atoms with E-state index in [-0.39, 0.29) is 23.0 Å². The first-order valence-corrected chi connectivity index (χ1v) is 14.9. The molecular formula is C30H29F5N2O5S. The van der Waals surface area contributed by atoms with Gasteiger partial charge in [-0.05, 0) is 47.6 Å². The minimum Gasteiger partial charge on any atom is -0.481 e. The molecule has 43 heavy (non-hydrogen) atoms. The van der Waals surface area contributed by atoms with E-state index in [4.69, 9.17) is 0 Å². The number of sulfonamides is 1. The van der Waals surface area contributed by atoms with Crippen molar-refractivity contribution in [3.8, 4) is 0 Å². The summed E-state index contributed by atoms with van der Waals surface area (Å²) in [5.41, 5.74) is 2.36. The first-order chi connectivity index (χ1) is 20.3. The fraction of sp³-hybridized carbons (Fsp3) is 0.333. The SMILES string of the molecule is CN(CC(=O)N(Cc1ccc(C2CCCCC2)cc1)c1cccc(CC(=O)O)c1)S(=O)(=O)c1c(F)c(F)c(F)c(F)c1F. The number of rotatable bonds is 10. The minimum absolute atomic E-state index is 0.0866. The van der Waals surface area contributed by atoms with Gasteiger partial charge in [-0.25, -0.2) is 30.4 Å². The van der Waals surface area contributed by atoms with Crippen LogP contribution in [0.25, 0.3) is 0 Å². The van der Waals surface area contributed by atoms with Gasteiger partial charge < -0.3 is 10.0 Å². The van der Waals surface area contributed by atoms with Crippen LogP contribution in [0.1, 0.15) is 54.7 Å². The average Bonchev–Trinajstić information content (AvgIpc) is 2.98. The first kappa shape index (κ1) is 32.1. The first-order valence-electron chi connectivity index (χ1n) is 13.5. The summed E-state index contributed by atoms with van der Waals surface area (Å²) < 4.78 is 95.8. The summed E-state index contributed by atoms with van der Waals surface area (Å²) in [5, 5.41) is 9.20. The van der Waals surface area contributed by atoms with E-state index in [0.29, 0.717) is 17.0 Å². The van der Waals surface area contributed by atoms with Gasteiger partial charge >= 0.3 is 5.97 Å². The predicted molar refractivity (Wildman–Crippen MR) is 147 cm³/mol. The summed E-state index contributed by atoms with van der Waals surface area (Å²) in [6.07, 6.45) is 5.27. The molecule has 0 unspecified atom stereocenters. The number of carbonyl (C=O) groups is 2. The molecule has 0 aliphatic heterocycles. The largest absolute Gasteiger partial charge is 0.481 e. The van der Waals surface area contributed by atoms with Gasteiger partial charge in [-0.2, -0.15) is 4.31 Å². The lowest BCUT2D eigenvalue weighted by Crippen LogP contribution is -2.41. The Bertz CT molecular complexity index is 1600. The second kappa shape index (κ2) is 13.2. The Morgan fingerprint density at radius 2 is 1.42 bits per heavy atom. The zero-order valence-corrected chi connectivity index (χ0v) is 23.9. The van der Waals surface area contributed by atoms with Crippen molar-refractivity contribution in [3.63, 3.8) is 0 Å². The normalized spacial score (nSPS) is 14.2. The number of likely N-dealkylation sites (N-methyl/N-ethyl adjacent to an activating group) is 1. The van der Waals surface area contributed by atoms with E-state index >= 15 is 0 Å². The van der Waals surface area contributed by atoms with Gasteiger partial charge in [0.05, 0.1) is 19.5 Å². The second-order valence-electron chi connectivity index (χ2n) is 10.5. The van der Waals surface area contributed by atoms with E-state index in [0.717, 1.165) is 43.2 Å². The van der Waals surface area contributed by atoms with E-state index in [1.807, 2.05) is 24.3 Å². The number of amides is 1. The molecule has 13 heteroatoms. The van der Waals surface area contributed by atoms with Crippen LogP contribution in [0.4, 0.5) is 27.6 Å². The summed E-state index contributed by atoms with van der Waals surface area (Å²) in [6, 6.07) is 13.5. The number of carboxylic acid groups (broad SMARTS) is 1. The third-order valence-electron chi connectivity index (χ3n) is 7.47. The lowest BCUT2D eigenvalue weighted by atomic mass is 9.84. The molecule has 1 aliphatic rings. The number of nitrogens with zero attached hydrogens (tertiary/aromatic N) is 2. The molecule has 1 saturated carbocycles. The summed E-state index contributed by atoms with van der Waals surface area (Å²) in [6.45, 7) is -1.12. The van der Waals surface area contributed by atoms with Crippen LogP contribution in [0, 0.1) is 29.1 Å². The molecule has 1 aliphatic carbocycles. The smallest absolute Gasteiger partial charge is 0.307 e. The van der Waals surface area contributed by atoms with Gasteiger partial charge in [0.15, 0.2) is 28.2 Å². The Morgan fingerprint density at radius 1 is 0.837 bits per heavy atom. The molecule has 0 aromatic heterocycles. The van der Waals surface area contributed by atoms with E-state index in [1.54, 1.807) is 0 Å². The zero-order valence-electron chi connectivity index (χ0n) is 23.1. The van der Waals surface area contributed by atoms with Gasteiger partial charge in [-0.15, -0.1) is 0 Å². The van der Waals surface area contributed by atoms with Gasteiger partial charge in [0, 0.05) is 12.7 Å². The Balaban J connectivity index is 1.65. The maximum atomic E-state index is 14.4. The molecule has 3 aromatic rings.